The van der Waals surface area contributed by atoms with Crippen LogP contribution in [-0.4, -0.2) is 30.8 Å². The van der Waals surface area contributed by atoms with E-state index in [2.05, 4.69) is 11.4 Å². The lowest BCUT2D eigenvalue weighted by atomic mass is 10.1. The van der Waals surface area contributed by atoms with Crippen molar-refractivity contribution in [1.82, 2.24) is 4.90 Å². The van der Waals surface area contributed by atoms with E-state index >= 15 is 0 Å². The quantitative estimate of drug-likeness (QED) is 0.766. The standard InChI is InChI=1S/C16H16N2OS/c1-18(9-8-15-3-2-10-20-15)12-16(19)14-6-4-13(11-17)5-7-14/h2-7,10H,8-9,12H2,1H3. The molecule has 0 atom stereocenters. The van der Waals surface area contributed by atoms with Gasteiger partial charge in [0.25, 0.3) is 0 Å². The Balaban J connectivity index is 1.85. The summed E-state index contributed by atoms with van der Waals surface area (Å²) in [5, 5.41) is 10.8. The van der Waals surface area contributed by atoms with E-state index in [0.717, 1.165) is 13.0 Å². The molecule has 0 amide bonds. The van der Waals surface area contributed by atoms with Gasteiger partial charge in [0, 0.05) is 17.0 Å². The fourth-order valence-electron chi connectivity index (χ4n) is 1.90. The molecule has 0 aliphatic heterocycles. The summed E-state index contributed by atoms with van der Waals surface area (Å²) < 4.78 is 0. The van der Waals surface area contributed by atoms with Crippen LogP contribution >= 0.6 is 11.3 Å². The molecule has 0 saturated heterocycles. The van der Waals surface area contributed by atoms with E-state index < -0.39 is 0 Å². The molecule has 0 unspecified atom stereocenters. The molecule has 0 aliphatic rings. The van der Waals surface area contributed by atoms with Crippen LogP contribution in [0, 0.1) is 11.3 Å². The fraction of sp³-hybridized carbons (Fsp3) is 0.250. The van der Waals surface area contributed by atoms with Gasteiger partial charge in [0.2, 0.25) is 0 Å². The molecule has 0 saturated carbocycles. The molecule has 3 nitrogen and oxygen atoms in total. The SMILES string of the molecule is CN(CCc1cccs1)CC(=O)c1ccc(C#N)cc1. The number of ketones is 1. The fourth-order valence-corrected chi connectivity index (χ4v) is 2.60. The van der Waals surface area contributed by atoms with Gasteiger partial charge < -0.3 is 0 Å². The second-order valence-corrected chi connectivity index (χ2v) is 5.71. The first-order valence-electron chi connectivity index (χ1n) is 6.43. The van der Waals surface area contributed by atoms with Crippen molar-refractivity contribution >= 4 is 17.1 Å². The molecule has 0 aliphatic carbocycles. The van der Waals surface area contributed by atoms with Gasteiger partial charge in [-0.2, -0.15) is 5.26 Å². The number of nitrogens with zero attached hydrogens (tertiary/aromatic N) is 2. The lowest BCUT2D eigenvalue weighted by molar-refractivity contribution is 0.0947. The van der Waals surface area contributed by atoms with Crippen LogP contribution in [0.1, 0.15) is 20.8 Å². The number of rotatable bonds is 6. The first kappa shape index (κ1) is 14.4. The van der Waals surface area contributed by atoms with Crippen LogP contribution in [-0.2, 0) is 6.42 Å². The van der Waals surface area contributed by atoms with Crippen LogP contribution < -0.4 is 0 Å². The summed E-state index contributed by atoms with van der Waals surface area (Å²) in [5.74, 6) is 0.0863. The zero-order chi connectivity index (χ0) is 14.4. The van der Waals surface area contributed by atoms with Gasteiger partial charge in [-0.05, 0) is 37.0 Å². The maximum atomic E-state index is 12.1. The van der Waals surface area contributed by atoms with Gasteiger partial charge >= 0.3 is 0 Å². The number of nitriles is 1. The van der Waals surface area contributed by atoms with Crippen molar-refractivity contribution in [3.05, 3.63) is 57.8 Å². The molecule has 0 bridgehead atoms. The van der Waals surface area contributed by atoms with E-state index in [4.69, 9.17) is 5.26 Å². The highest BCUT2D eigenvalue weighted by Crippen LogP contribution is 2.10. The first-order valence-corrected chi connectivity index (χ1v) is 7.31. The van der Waals surface area contributed by atoms with E-state index in [1.165, 1.54) is 4.88 Å². The highest BCUT2D eigenvalue weighted by molar-refractivity contribution is 7.09. The second-order valence-electron chi connectivity index (χ2n) is 4.68. The molecule has 1 heterocycles. The molecule has 102 valence electrons. The normalized spacial score (nSPS) is 10.4. The summed E-state index contributed by atoms with van der Waals surface area (Å²) in [6.07, 6.45) is 0.967. The zero-order valence-electron chi connectivity index (χ0n) is 11.4. The molecule has 4 heteroatoms. The molecular formula is C16H16N2OS. The van der Waals surface area contributed by atoms with Crippen molar-refractivity contribution in [2.45, 2.75) is 6.42 Å². The van der Waals surface area contributed by atoms with Crippen LogP contribution in [0.15, 0.2) is 41.8 Å². The minimum Gasteiger partial charge on any atom is -0.299 e. The zero-order valence-corrected chi connectivity index (χ0v) is 12.2. The first-order chi connectivity index (χ1) is 9.69. The summed E-state index contributed by atoms with van der Waals surface area (Å²) >= 11 is 1.74. The minimum absolute atomic E-state index is 0.0863. The lowest BCUT2D eigenvalue weighted by Crippen LogP contribution is -2.27. The Morgan fingerprint density at radius 2 is 2.05 bits per heavy atom. The molecule has 20 heavy (non-hydrogen) atoms. The number of hydrogen-bond acceptors (Lipinski definition) is 4. The topological polar surface area (TPSA) is 44.1 Å². The monoisotopic (exact) mass is 284 g/mol. The van der Waals surface area contributed by atoms with E-state index in [-0.39, 0.29) is 5.78 Å². The van der Waals surface area contributed by atoms with E-state index in [1.807, 2.05) is 24.1 Å². The molecule has 0 radical (unpaired) electrons. The summed E-state index contributed by atoms with van der Waals surface area (Å²) in [7, 11) is 1.95. The van der Waals surface area contributed by atoms with Gasteiger partial charge in [0.1, 0.15) is 0 Å². The summed E-state index contributed by atoms with van der Waals surface area (Å²) in [4.78, 5) is 15.5. The van der Waals surface area contributed by atoms with Crippen molar-refractivity contribution in [2.24, 2.45) is 0 Å². The predicted octanol–water partition coefficient (Wildman–Crippen LogP) is 2.98. The molecule has 0 fully saturated rings. The molecule has 2 rings (SSSR count). The Kier molecular flexibility index (Phi) is 5.05. The van der Waals surface area contributed by atoms with Crippen molar-refractivity contribution in [3.63, 3.8) is 0 Å². The van der Waals surface area contributed by atoms with Crippen LogP contribution in [0.4, 0.5) is 0 Å². The van der Waals surface area contributed by atoms with Gasteiger partial charge in [0.05, 0.1) is 18.2 Å². The largest absolute Gasteiger partial charge is 0.299 e. The van der Waals surface area contributed by atoms with Crippen LogP contribution in [0.25, 0.3) is 0 Å². The Morgan fingerprint density at radius 3 is 2.65 bits per heavy atom. The average molecular weight is 284 g/mol. The average Bonchev–Trinajstić information content (AvgIpc) is 2.98. The highest BCUT2D eigenvalue weighted by Gasteiger charge is 2.09. The van der Waals surface area contributed by atoms with Gasteiger partial charge in [-0.3, -0.25) is 9.69 Å². The number of benzene rings is 1. The third kappa shape index (κ3) is 4.02. The van der Waals surface area contributed by atoms with Crippen molar-refractivity contribution in [3.8, 4) is 6.07 Å². The van der Waals surface area contributed by atoms with E-state index in [9.17, 15) is 4.79 Å². The van der Waals surface area contributed by atoms with Crippen LogP contribution in [0.2, 0.25) is 0 Å². The maximum Gasteiger partial charge on any atom is 0.176 e. The third-order valence-corrected chi connectivity index (χ3v) is 4.01. The van der Waals surface area contributed by atoms with Gasteiger partial charge in [-0.1, -0.05) is 18.2 Å². The number of carbonyl (C=O) groups excluding carboxylic acids is 1. The molecule has 1 aromatic heterocycles. The number of carbonyl (C=O) groups is 1. The van der Waals surface area contributed by atoms with E-state index in [0.29, 0.717) is 17.7 Å². The van der Waals surface area contributed by atoms with Crippen molar-refractivity contribution < 1.29 is 4.79 Å². The Hall–Kier alpha value is -1.96. The number of thiophene rings is 1. The minimum atomic E-state index is 0.0863. The van der Waals surface area contributed by atoms with Gasteiger partial charge in [-0.15, -0.1) is 11.3 Å². The summed E-state index contributed by atoms with van der Waals surface area (Å²) in [6, 6.07) is 13.0. The number of hydrogen-bond donors (Lipinski definition) is 0. The van der Waals surface area contributed by atoms with Crippen LogP contribution in [0.5, 0.6) is 0 Å². The molecule has 1 aromatic carbocycles. The number of likely N-dealkylation sites (N-methyl/N-ethyl adjacent to an activating group) is 1. The Bertz CT molecular complexity index is 596. The smallest absolute Gasteiger partial charge is 0.176 e. The van der Waals surface area contributed by atoms with Crippen molar-refractivity contribution in [2.75, 3.05) is 20.1 Å². The van der Waals surface area contributed by atoms with Crippen LogP contribution in [0.3, 0.4) is 0 Å². The van der Waals surface area contributed by atoms with Gasteiger partial charge in [0.15, 0.2) is 5.78 Å². The van der Waals surface area contributed by atoms with Gasteiger partial charge in [-0.25, -0.2) is 0 Å². The molecule has 0 N–H and O–H groups in total. The number of Topliss-reactive ketones (excluding diaryl/α,β-unsaturated/α-hetero) is 1. The third-order valence-electron chi connectivity index (χ3n) is 3.07. The highest BCUT2D eigenvalue weighted by atomic mass is 32.1. The molecule has 0 spiro atoms. The van der Waals surface area contributed by atoms with E-state index in [1.54, 1.807) is 35.6 Å². The predicted molar refractivity (Wildman–Crippen MR) is 81.0 cm³/mol. The Labute approximate surface area is 123 Å². The Morgan fingerprint density at radius 1 is 1.30 bits per heavy atom. The summed E-state index contributed by atoms with van der Waals surface area (Å²) in [5.41, 5.74) is 1.24. The summed E-state index contributed by atoms with van der Waals surface area (Å²) in [6.45, 7) is 1.26. The molecular weight excluding hydrogens is 268 g/mol. The van der Waals surface area contributed by atoms with Crippen molar-refractivity contribution in [1.29, 1.82) is 5.26 Å². The lowest BCUT2D eigenvalue weighted by Gasteiger charge is -2.15. The maximum absolute atomic E-state index is 12.1. The molecule has 2 aromatic rings. The second kappa shape index (κ2) is 6.99.